The van der Waals surface area contributed by atoms with Crippen LogP contribution in [0.25, 0.3) is 42.1 Å². The third-order valence-electron chi connectivity index (χ3n) is 12.2. The van der Waals surface area contributed by atoms with Gasteiger partial charge in [0.15, 0.2) is 0 Å². The van der Waals surface area contributed by atoms with Crippen molar-refractivity contribution in [3.05, 3.63) is 265 Å². The van der Waals surface area contributed by atoms with Crippen molar-refractivity contribution in [1.82, 2.24) is 0 Å². The van der Waals surface area contributed by atoms with E-state index in [2.05, 4.69) is 119 Å². The van der Waals surface area contributed by atoms with Crippen molar-refractivity contribution in [3.63, 3.8) is 0 Å². The van der Waals surface area contributed by atoms with Crippen molar-refractivity contribution in [2.75, 3.05) is 9.80 Å². The fraction of sp³-hybridized carbons (Fsp3) is 0.0169. The van der Waals surface area contributed by atoms with Crippen LogP contribution in [0, 0.1) is 0 Å². The first kappa shape index (κ1) is 29.5. The Kier molecular flexibility index (Phi) is 7.03. The van der Waals surface area contributed by atoms with E-state index in [9.17, 15) is 6.85 Å². The Bertz CT molecular complexity index is 3610. The number of thiophene rings is 1. The Labute approximate surface area is 375 Å². The number of para-hydroxylation sites is 4. The molecule has 292 valence electrons. The van der Waals surface area contributed by atoms with E-state index < -0.39 is 35.6 Å². The molecule has 1 aromatic heterocycles. The summed E-state index contributed by atoms with van der Waals surface area (Å²) in [6.07, 6.45) is 0. The van der Waals surface area contributed by atoms with E-state index in [1.165, 1.54) is 0 Å². The molecule has 11 aromatic rings. The molecule has 2 nitrogen and oxygen atoms in total. The van der Waals surface area contributed by atoms with E-state index in [0.29, 0.717) is 0 Å². The van der Waals surface area contributed by atoms with Crippen LogP contribution in [-0.2, 0) is 5.41 Å². The monoisotopic (exact) mass is 815 g/mol. The molecule has 12 rings (SSSR count). The fourth-order valence-electron chi connectivity index (χ4n) is 9.67. The first-order chi connectivity index (χ1) is 33.7. The number of benzene rings is 10. The largest absolute Gasteiger partial charge is 0.310 e. The highest BCUT2D eigenvalue weighted by molar-refractivity contribution is 7.25. The first-order valence-electron chi connectivity index (χ1n) is 24.2. The minimum atomic E-state index is -1.46. The quantitative estimate of drug-likeness (QED) is 0.151. The molecule has 0 saturated heterocycles. The van der Waals surface area contributed by atoms with Crippen molar-refractivity contribution >= 4 is 76.4 Å². The highest BCUT2D eigenvalue weighted by Gasteiger charge is 2.48. The van der Waals surface area contributed by atoms with E-state index >= 15 is 0 Å². The smallest absolute Gasteiger partial charge is 0.0726 e. The molecule has 0 bridgehead atoms. The van der Waals surface area contributed by atoms with E-state index in [1.54, 1.807) is 11.3 Å². The zero-order chi connectivity index (χ0) is 47.1. The lowest BCUT2D eigenvalue weighted by molar-refractivity contribution is 0.785. The first-order valence-corrected chi connectivity index (χ1v) is 21.5. The number of anilines is 6. The second-order valence-corrected chi connectivity index (χ2v) is 16.6. The average molecular weight is 816 g/mol. The van der Waals surface area contributed by atoms with E-state index in [1.807, 2.05) is 91.0 Å². The van der Waals surface area contributed by atoms with Crippen LogP contribution in [0.1, 0.15) is 31.8 Å². The van der Waals surface area contributed by atoms with Crippen LogP contribution in [0.15, 0.2) is 242 Å². The minimum Gasteiger partial charge on any atom is -0.310 e. The van der Waals surface area contributed by atoms with Crippen molar-refractivity contribution in [2.45, 2.75) is 5.41 Å². The van der Waals surface area contributed by atoms with Crippen LogP contribution in [0.2, 0.25) is 0 Å². The Morgan fingerprint density at radius 3 is 1.40 bits per heavy atom. The molecule has 0 N–H and O–H groups in total. The van der Waals surface area contributed by atoms with Gasteiger partial charge in [-0.2, -0.15) is 0 Å². The lowest BCUT2D eigenvalue weighted by Crippen LogP contribution is -2.29. The molecular weight excluding hydrogens is 769 g/mol. The Morgan fingerprint density at radius 1 is 0.355 bits per heavy atom. The SMILES string of the molecule is [2H]c1c([2H])c([2H])c2c(C3(c4cccc5sc6ccccc6c45)c4ccc(N(c5ccccc5)c5ccccc5)cc4-c4cc(N(c5ccccc5)c5ccccc5)ccc43)c([2H])c([2H])c([2H])c2c1[2H]. The summed E-state index contributed by atoms with van der Waals surface area (Å²) in [5.41, 5.74) is 8.43. The van der Waals surface area contributed by atoms with Crippen molar-refractivity contribution in [3.8, 4) is 11.1 Å². The molecular formula is C59H40N2S. The predicted molar refractivity (Wildman–Crippen MR) is 264 cm³/mol. The van der Waals surface area contributed by atoms with Crippen LogP contribution in [-0.4, -0.2) is 0 Å². The molecule has 0 spiro atoms. The average Bonchev–Trinajstić information content (AvgIpc) is 3.91. The second kappa shape index (κ2) is 14.8. The van der Waals surface area contributed by atoms with Crippen LogP contribution >= 0.6 is 11.3 Å². The van der Waals surface area contributed by atoms with Gasteiger partial charge in [0.05, 0.1) is 15.0 Å². The third-order valence-corrected chi connectivity index (χ3v) is 13.3. The molecule has 0 atom stereocenters. The van der Waals surface area contributed by atoms with Crippen LogP contribution in [0.4, 0.5) is 34.1 Å². The van der Waals surface area contributed by atoms with Gasteiger partial charge in [0.25, 0.3) is 0 Å². The summed E-state index contributed by atoms with van der Waals surface area (Å²) in [6.45, 7) is 0. The van der Waals surface area contributed by atoms with Gasteiger partial charge in [0, 0.05) is 54.3 Å². The molecule has 0 saturated carbocycles. The molecule has 1 aliphatic carbocycles. The topological polar surface area (TPSA) is 6.48 Å². The maximum atomic E-state index is 10.2. The molecule has 1 aliphatic rings. The summed E-state index contributed by atoms with van der Waals surface area (Å²) in [7, 11) is 0. The zero-order valence-corrected chi connectivity index (χ0v) is 34.2. The van der Waals surface area contributed by atoms with Gasteiger partial charge in [-0.05, 0) is 129 Å². The highest BCUT2D eigenvalue weighted by atomic mass is 32.1. The molecule has 3 heteroatoms. The predicted octanol–water partition coefficient (Wildman–Crippen LogP) is 16.5. The number of hydrogen-bond donors (Lipinski definition) is 0. The molecule has 10 aromatic carbocycles. The van der Waals surface area contributed by atoms with Crippen molar-refractivity contribution in [2.24, 2.45) is 0 Å². The van der Waals surface area contributed by atoms with E-state index in [4.69, 9.17) is 2.74 Å². The van der Waals surface area contributed by atoms with Gasteiger partial charge in [0.1, 0.15) is 0 Å². The van der Waals surface area contributed by atoms with Gasteiger partial charge in [-0.3, -0.25) is 0 Å². The summed E-state index contributed by atoms with van der Waals surface area (Å²) in [4.78, 5) is 4.44. The molecule has 0 radical (unpaired) electrons. The number of nitrogens with zero attached hydrogens (tertiary/aromatic N) is 2. The number of fused-ring (bicyclic) bond motifs is 7. The van der Waals surface area contributed by atoms with Gasteiger partial charge in [-0.1, -0.05) is 158 Å². The molecule has 0 amide bonds. The van der Waals surface area contributed by atoms with Crippen LogP contribution in [0.5, 0.6) is 0 Å². The van der Waals surface area contributed by atoms with Crippen LogP contribution in [0.3, 0.4) is 0 Å². The zero-order valence-electron chi connectivity index (χ0n) is 40.4. The second-order valence-electron chi connectivity index (χ2n) is 15.5. The van der Waals surface area contributed by atoms with Crippen molar-refractivity contribution < 1.29 is 9.60 Å². The normalized spacial score (nSPS) is 14.2. The van der Waals surface area contributed by atoms with Gasteiger partial charge >= 0.3 is 0 Å². The van der Waals surface area contributed by atoms with E-state index in [-0.39, 0.29) is 28.4 Å². The number of hydrogen-bond acceptors (Lipinski definition) is 3. The minimum absolute atomic E-state index is 0.0564. The Balaban J connectivity index is 1.29. The molecule has 1 heterocycles. The summed E-state index contributed by atoms with van der Waals surface area (Å²) >= 11 is 1.67. The standard InChI is InChI=1S/C59H40N2S/c1-5-21-42(22-6-1)60(43-23-7-2-8-24-43)46-35-37-53-50(39-46)51-40-47(61(44-25-9-3-10-26-44)45-27-11-4-12-28-45)36-38-54(51)59(53,52-31-17-20-41-19-13-14-29-48(41)52)55-32-18-34-57-58(55)49-30-15-16-33-56(49)62-57/h1-40H/i13D,14D,17D,19D,20D,29D,31D. The number of rotatable bonds is 8. The lowest BCUT2D eigenvalue weighted by Gasteiger charge is -2.36. The summed E-state index contributed by atoms with van der Waals surface area (Å²) < 4.78 is 68.0. The molecule has 62 heavy (non-hydrogen) atoms. The van der Waals surface area contributed by atoms with Crippen molar-refractivity contribution in [1.29, 1.82) is 0 Å². The van der Waals surface area contributed by atoms with Gasteiger partial charge in [0.2, 0.25) is 0 Å². The summed E-state index contributed by atoms with van der Waals surface area (Å²) in [5, 5.41) is 1.93. The fourth-order valence-corrected chi connectivity index (χ4v) is 10.8. The van der Waals surface area contributed by atoms with Gasteiger partial charge in [-0.15, -0.1) is 11.3 Å². The lowest BCUT2D eigenvalue weighted by atomic mass is 9.65. The molecule has 0 unspecified atom stereocenters. The maximum Gasteiger partial charge on any atom is 0.0726 e. The van der Waals surface area contributed by atoms with Gasteiger partial charge in [-0.25, -0.2) is 0 Å². The summed E-state index contributed by atoms with van der Waals surface area (Å²) in [6, 6.07) is 65.3. The summed E-state index contributed by atoms with van der Waals surface area (Å²) in [5.74, 6) is 0. The third kappa shape index (κ3) is 5.63. The maximum absolute atomic E-state index is 10.2. The highest BCUT2D eigenvalue weighted by Crippen LogP contribution is 2.61. The Hall–Kier alpha value is -7.72. The van der Waals surface area contributed by atoms with Gasteiger partial charge < -0.3 is 9.80 Å². The Morgan fingerprint density at radius 2 is 0.839 bits per heavy atom. The van der Waals surface area contributed by atoms with E-state index in [0.717, 1.165) is 82.1 Å². The molecule has 0 fully saturated rings. The van der Waals surface area contributed by atoms with Crippen LogP contribution < -0.4 is 9.80 Å². The molecule has 0 aliphatic heterocycles.